The van der Waals surface area contributed by atoms with Gasteiger partial charge in [0.1, 0.15) is 0 Å². The van der Waals surface area contributed by atoms with Crippen LogP contribution in [0, 0.1) is 5.92 Å². The first kappa shape index (κ1) is 17.2. The number of Topliss-reactive ketones (excluding diaryl/α,β-unsaturated/α-hetero) is 1. The molecule has 0 saturated heterocycles. The molecule has 2 aromatic carbocycles. The van der Waals surface area contributed by atoms with Gasteiger partial charge in [0, 0.05) is 16.1 Å². The zero-order chi connectivity index (χ0) is 18.0. The van der Waals surface area contributed by atoms with Crippen molar-refractivity contribution in [3.63, 3.8) is 0 Å². The average Bonchev–Trinajstić information content (AvgIpc) is 2.61. The molecule has 0 bridgehead atoms. The number of benzene rings is 2. The van der Waals surface area contributed by atoms with E-state index in [0.717, 1.165) is 10.6 Å². The number of para-hydroxylation sites is 1. The topological polar surface area (TPSA) is 75.3 Å². The highest BCUT2D eigenvalue weighted by atomic mass is 32.2. The Bertz CT molecular complexity index is 833. The molecule has 0 radical (unpaired) electrons. The van der Waals surface area contributed by atoms with E-state index >= 15 is 0 Å². The second-order valence-corrected chi connectivity index (χ2v) is 7.12. The van der Waals surface area contributed by atoms with Crippen LogP contribution in [-0.4, -0.2) is 22.8 Å². The van der Waals surface area contributed by atoms with Crippen LogP contribution >= 0.6 is 11.8 Å². The molecule has 2 N–H and O–H groups in total. The SMILES string of the molecule is CC(=O)c1ccc(NC(=O)C(C)C2Sc3ccccc3NC2=O)cc1. The zero-order valence-electron chi connectivity index (χ0n) is 13.9. The van der Waals surface area contributed by atoms with Crippen molar-refractivity contribution in [2.24, 2.45) is 5.92 Å². The number of nitrogens with one attached hydrogen (secondary N) is 2. The van der Waals surface area contributed by atoms with Gasteiger partial charge in [0.05, 0.1) is 16.9 Å². The van der Waals surface area contributed by atoms with Gasteiger partial charge in [-0.25, -0.2) is 0 Å². The normalized spacial score (nSPS) is 17.2. The fraction of sp³-hybridized carbons (Fsp3) is 0.211. The molecule has 0 aromatic heterocycles. The second-order valence-electron chi connectivity index (χ2n) is 5.94. The summed E-state index contributed by atoms with van der Waals surface area (Å²) in [5.41, 5.74) is 1.97. The quantitative estimate of drug-likeness (QED) is 0.823. The van der Waals surface area contributed by atoms with Crippen LogP contribution in [0.2, 0.25) is 0 Å². The Morgan fingerprint density at radius 2 is 1.80 bits per heavy atom. The number of anilines is 2. The fourth-order valence-electron chi connectivity index (χ4n) is 2.58. The van der Waals surface area contributed by atoms with Gasteiger partial charge in [-0.05, 0) is 43.3 Å². The molecule has 1 aliphatic heterocycles. The summed E-state index contributed by atoms with van der Waals surface area (Å²) >= 11 is 1.40. The van der Waals surface area contributed by atoms with Crippen LogP contribution in [-0.2, 0) is 9.59 Å². The summed E-state index contributed by atoms with van der Waals surface area (Å²) in [4.78, 5) is 37.1. The van der Waals surface area contributed by atoms with Crippen LogP contribution in [0.5, 0.6) is 0 Å². The number of carbonyl (C=O) groups excluding carboxylic acids is 3. The van der Waals surface area contributed by atoms with E-state index in [1.807, 2.05) is 24.3 Å². The van der Waals surface area contributed by atoms with Crippen molar-refractivity contribution in [1.82, 2.24) is 0 Å². The standard InChI is InChI=1S/C19H18N2O3S/c1-11(17-19(24)21-15-5-3-4-6-16(15)25-17)18(23)20-14-9-7-13(8-10-14)12(2)22/h3-11,17H,1-2H3,(H,20,23)(H,21,24). The Hall–Kier alpha value is -2.60. The molecule has 2 unspecified atom stereocenters. The van der Waals surface area contributed by atoms with Crippen molar-refractivity contribution in [3.05, 3.63) is 54.1 Å². The molecule has 1 heterocycles. The Morgan fingerprint density at radius 3 is 2.48 bits per heavy atom. The average molecular weight is 354 g/mol. The van der Waals surface area contributed by atoms with Gasteiger partial charge in [0.2, 0.25) is 11.8 Å². The van der Waals surface area contributed by atoms with Gasteiger partial charge in [0.25, 0.3) is 0 Å². The number of hydrogen-bond acceptors (Lipinski definition) is 4. The zero-order valence-corrected chi connectivity index (χ0v) is 14.7. The lowest BCUT2D eigenvalue weighted by molar-refractivity contribution is -0.123. The van der Waals surface area contributed by atoms with E-state index in [1.165, 1.54) is 18.7 Å². The van der Waals surface area contributed by atoms with E-state index in [-0.39, 0.29) is 17.6 Å². The minimum Gasteiger partial charge on any atom is -0.326 e. The molecule has 0 aliphatic carbocycles. The molecule has 0 saturated carbocycles. The molecule has 2 aromatic rings. The largest absolute Gasteiger partial charge is 0.326 e. The van der Waals surface area contributed by atoms with Gasteiger partial charge in [-0.2, -0.15) is 0 Å². The van der Waals surface area contributed by atoms with Gasteiger partial charge in [0.15, 0.2) is 5.78 Å². The summed E-state index contributed by atoms with van der Waals surface area (Å²) in [5, 5.41) is 5.16. The molecular weight excluding hydrogens is 336 g/mol. The predicted molar refractivity (Wildman–Crippen MR) is 99.0 cm³/mol. The lowest BCUT2D eigenvalue weighted by Crippen LogP contribution is -2.39. The first-order chi connectivity index (χ1) is 12.0. The third-order valence-electron chi connectivity index (χ3n) is 4.08. The van der Waals surface area contributed by atoms with E-state index in [0.29, 0.717) is 11.3 Å². The molecule has 3 rings (SSSR count). The number of amides is 2. The summed E-state index contributed by atoms with van der Waals surface area (Å²) in [6, 6.07) is 14.2. The summed E-state index contributed by atoms with van der Waals surface area (Å²) in [7, 11) is 0. The smallest absolute Gasteiger partial charge is 0.238 e. The number of rotatable bonds is 4. The third-order valence-corrected chi connectivity index (χ3v) is 5.57. The van der Waals surface area contributed by atoms with Crippen molar-refractivity contribution in [2.45, 2.75) is 24.0 Å². The number of hydrogen-bond donors (Lipinski definition) is 2. The summed E-state index contributed by atoms with van der Waals surface area (Å²) in [6.45, 7) is 3.23. The molecule has 128 valence electrons. The lowest BCUT2D eigenvalue weighted by atomic mass is 10.0. The molecule has 6 heteroatoms. The van der Waals surface area contributed by atoms with E-state index in [1.54, 1.807) is 31.2 Å². The Morgan fingerprint density at radius 1 is 1.12 bits per heavy atom. The maximum atomic E-state index is 12.5. The number of fused-ring (bicyclic) bond motifs is 1. The Labute approximate surface area is 150 Å². The van der Waals surface area contributed by atoms with Crippen LogP contribution in [0.25, 0.3) is 0 Å². The van der Waals surface area contributed by atoms with E-state index in [4.69, 9.17) is 0 Å². The van der Waals surface area contributed by atoms with Crippen LogP contribution < -0.4 is 10.6 Å². The van der Waals surface area contributed by atoms with Crippen LogP contribution in [0.3, 0.4) is 0 Å². The molecule has 2 amide bonds. The third kappa shape index (κ3) is 3.74. The minimum atomic E-state index is -0.508. The Balaban J connectivity index is 1.70. The van der Waals surface area contributed by atoms with Crippen molar-refractivity contribution < 1.29 is 14.4 Å². The van der Waals surface area contributed by atoms with Gasteiger partial charge in [-0.15, -0.1) is 11.8 Å². The molecule has 0 fully saturated rings. The fourth-order valence-corrected chi connectivity index (χ4v) is 3.75. The minimum absolute atomic E-state index is 0.0276. The summed E-state index contributed by atoms with van der Waals surface area (Å²) in [5.74, 6) is -0.938. The number of carbonyl (C=O) groups is 3. The monoisotopic (exact) mass is 354 g/mol. The molecule has 2 atom stereocenters. The number of thioether (sulfide) groups is 1. The lowest BCUT2D eigenvalue weighted by Gasteiger charge is -2.27. The second kappa shape index (κ2) is 7.11. The van der Waals surface area contributed by atoms with Gasteiger partial charge in [-0.1, -0.05) is 19.1 Å². The predicted octanol–water partition coefficient (Wildman–Crippen LogP) is 3.58. The van der Waals surface area contributed by atoms with Crippen LogP contribution in [0.1, 0.15) is 24.2 Å². The number of ketones is 1. The Kier molecular flexibility index (Phi) is 4.90. The highest BCUT2D eigenvalue weighted by Crippen LogP contribution is 2.38. The maximum Gasteiger partial charge on any atom is 0.238 e. The van der Waals surface area contributed by atoms with Crippen molar-refractivity contribution >= 4 is 40.7 Å². The summed E-state index contributed by atoms with van der Waals surface area (Å²) in [6.07, 6.45) is 0. The maximum absolute atomic E-state index is 12.5. The van der Waals surface area contributed by atoms with Crippen molar-refractivity contribution in [1.29, 1.82) is 0 Å². The van der Waals surface area contributed by atoms with Gasteiger partial charge >= 0.3 is 0 Å². The van der Waals surface area contributed by atoms with Crippen molar-refractivity contribution in [2.75, 3.05) is 10.6 Å². The molecule has 0 spiro atoms. The highest BCUT2D eigenvalue weighted by Gasteiger charge is 2.35. The van der Waals surface area contributed by atoms with Gasteiger partial charge < -0.3 is 10.6 Å². The van der Waals surface area contributed by atoms with Crippen LogP contribution in [0.4, 0.5) is 11.4 Å². The molecule has 25 heavy (non-hydrogen) atoms. The molecular formula is C19H18N2O3S. The first-order valence-corrected chi connectivity index (χ1v) is 8.82. The molecule has 5 nitrogen and oxygen atoms in total. The van der Waals surface area contributed by atoms with E-state index < -0.39 is 11.2 Å². The molecule has 1 aliphatic rings. The van der Waals surface area contributed by atoms with E-state index in [2.05, 4.69) is 10.6 Å². The highest BCUT2D eigenvalue weighted by molar-refractivity contribution is 8.01. The first-order valence-electron chi connectivity index (χ1n) is 7.94. The van der Waals surface area contributed by atoms with E-state index in [9.17, 15) is 14.4 Å². The van der Waals surface area contributed by atoms with Gasteiger partial charge in [-0.3, -0.25) is 14.4 Å². The summed E-state index contributed by atoms with van der Waals surface area (Å²) < 4.78 is 0. The van der Waals surface area contributed by atoms with Crippen molar-refractivity contribution in [3.8, 4) is 0 Å². The van der Waals surface area contributed by atoms with Crippen LogP contribution in [0.15, 0.2) is 53.4 Å².